The smallest absolute Gasteiger partial charge is 0.387 e. The summed E-state index contributed by atoms with van der Waals surface area (Å²) in [6.07, 6.45) is 0.535. The van der Waals surface area contributed by atoms with Gasteiger partial charge in [0.1, 0.15) is 11.6 Å². The average Bonchev–Trinajstić information content (AvgIpc) is 2.97. The summed E-state index contributed by atoms with van der Waals surface area (Å²) in [6, 6.07) is 13.3. The van der Waals surface area contributed by atoms with Crippen LogP contribution in [0.4, 0.5) is 8.78 Å². The van der Waals surface area contributed by atoms with Crippen LogP contribution in [0.2, 0.25) is 0 Å². The number of fused-ring (bicyclic) bond motifs is 1. The topological polar surface area (TPSA) is 67.0 Å². The number of benzene rings is 2. The largest absolute Gasteiger partial charge is 0.435 e. The number of nitrogens with zero attached hydrogens (tertiary/aromatic N) is 1. The Labute approximate surface area is 136 Å². The van der Waals surface area contributed by atoms with Crippen LogP contribution in [0.5, 0.6) is 5.75 Å². The molecule has 0 fully saturated rings. The van der Waals surface area contributed by atoms with E-state index in [-0.39, 0.29) is 17.2 Å². The molecule has 1 aromatic heterocycles. The number of aromatic nitrogens is 2. The van der Waals surface area contributed by atoms with Gasteiger partial charge in [-0.3, -0.25) is 4.79 Å². The molecule has 0 aliphatic carbocycles. The number of halogens is 2. The molecule has 0 radical (unpaired) electrons. The number of rotatable bonds is 6. The Morgan fingerprint density at radius 2 is 2.04 bits per heavy atom. The zero-order valence-electron chi connectivity index (χ0n) is 12.6. The van der Waals surface area contributed by atoms with Crippen LogP contribution in [-0.2, 0) is 6.42 Å². The first-order valence-corrected chi connectivity index (χ1v) is 7.38. The normalized spacial score (nSPS) is 11.0. The number of alkyl halides is 2. The molecule has 124 valence electrons. The van der Waals surface area contributed by atoms with Crippen LogP contribution < -0.4 is 10.1 Å². The lowest BCUT2D eigenvalue weighted by Gasteiger charge is -2.07. The molecule has 0 bridgehead atoms. The fraction of sp³-hybridized carbons (Fsp3) is 0.176. The Morgan fingerprint density at radius 1 is 1.21 bits per heavy atom. The van der Waals surface area contributed by atoms with E-state index in [9.17, 15) is 13.6 Å². The Bertz CT molecular complexity index is 815. The number of hydrogen-bond acceptors (Lipinski definition) is 3. The predicted molar refractivity (Wildman–Crippen MR) is 85.2 cm³/mol. The molecule has 3 rings (SSSR count). The van der Waals surface area contributed by atoms with Gasteiger partial charge < -0.3 is 15.0 Å². The molecule has 0 aliphatic heterocycles. The van der Waals surface area contributed by atoms with Gasteiger partial charge >= 0.3 is 6.61 Å². The maximum absolute atomic E-state index is 12.2. The molecule has 2 N–H and O–H groups in total. The molecule has 24 heavy (non-hydrogen) atoms. The number of ether oxygens (including phenoxy) is 1. The molecule has 0 spiro atoms. The predicted octanol–water partition coefficient (Wildman–Crippen LogP) is 3.14. The van der Waals surface area contributed by atoms with Gasteiger partial charge in [0, 0.05) is 18.5 Å². The quantitative estimate of drug-likeness (QED) is 0.729. The lowest BCUT2D eigenvalue weighted by Crippen LogP contribution is -2.26. The first kappa shape index (κ1) is 15.9. The Kier molecular flexibility index (Phi) is 4.69. The molecule has 0 unspecified atom stereocenters. The van der Waals surface area contributed by atoms with Crippen LogP contribution in [0.25, 0.3) is 11.0 Å². The summed E-state index contributed by atoms with van der Waals surface area (Å²) in [7, 11) is 0. The van der Waals surface area contributed by atoms with Gasteiger partial charge in [-0.15, -0.1) is 0 Å². The Morgan fingerprint density at radius 3 is 2.83 bits per heavy atom. The average molecular weight is 331 g/mol. The highest BCUT2D eigenvalue weighted by atomic mass is 19.3. The molecule has 0 saturated heterocycles. The van der Waals surface area contributed by atoms with E-state index in [1.54, 1.807) is 0 Å². The molecule has 0 saturated carbocycles. The van der Waals surface area contributed by atoms with Crippen molar-refractivity contribution in [3.05, 3.63) is 59.9 Å². The number of carbonyl (C=O) groups excluding carboxylic acids is 1. The van der Waals surface area contributed by atoms with E-state index < -0.39 is 6.61 Å². The van der Waals surface area contributed by atoms with Crippen LogP contribution >= 0.6 is 0 Å². The molecular weight excluding hydrogens is 316 g/mol. The van der Waals surface area contributed by atoms with Gasteiger partial charge in [-0.2, -0.15) is 8.78 Å². The molecule has 2 aromatic carbocycles. The van der Waals surface area contributed by atoms with Gasteiger partial charge in [0.05, 0.1) is 11.0 Å². The van der Waals surface area contributed by atoms with E-state index in [1.165, 1.54) is 24.3 Å². The molecule has 7 heteroatoms. The second-order valence-corrected chi connectivity index (χ2v) is 5.11. The molecule has 1 heterocycles. The van der Waals surface area contributed by atoms with E-state index in [0.717, 1.165) is 16.9 Å². The third-order valence-electron chi connectivity index (χ3n) is 3.41. The summed E-state index contributed by atoms with van der Waals surface area (Å²) < 4.78 is 28.7. The Hall–Kier alpha value is -2.96. The van der Waals surface area contributed by atoms with E-state index in [0.29, 0.717) is 13.0 Å². The summed E-state index contributed by atoms with van der Waals surface area (Å²) in [4.78, 5) is 19.7. The number of nitrogens with one attached hydrogen (secondary N) is 2. The summed E-state index contributed by atoms with van der Waals surface area (Å²) in [5.74, 6) is 0.368. The number of para-hydroxylation sites is 2. The zero-order chi connectivity index (χ0) is 16.9. The van der Waals surface area contributed by atoms with Gasteiger partial charge in [-0.05, 0) is 30.3 Å². The summed E-state index contributed by atoms with van der Waals surface area (Å²) in [5.41, 5.74) is 2.07. The van der Waals surface area contributed by atoms with E-state index in [4.69, 9.17) is 0 Å². The van der Waals surface area contributed by atoms with Crippen molar-refractivity contribution in [3.8, 4) is 5.75 Å². The van der Waals surface area contributed by atoms with Crippen molar-refractivity contribution in [2.75, 3.05) is 6.54 Å². The van der Waals surface area contributed by atoms with Crippen molar-refractivity contribution in [3.63, 3.8) is 0 Å². The van der Waals surface area contributed by atoms with Gasteiger partial charge in [0.15, 0.2) is 0 Å². The minimum atomic E-state index is -2.92. The number of hydrogen-bond donors (Lipinski definition) is 2. The minimum Gasteiger partial charge on any atom is -0.435 e. The van der Waals surface area contributed by atoms with Gasteiger partial charge in [0.2, 0.25) is 0 Å². The van der Waals surface area contributed by atoms with E-state index in [2.05, 4.69) is 20.0 Å². The summed E-state index contributed by atoms with van der Waals surface area (Å²) >= 11 is 0. The fourth-order valence-corrected chi connectivity index (χ4v) is 2.33. The van der Waals surface area contributed by atoms with Gasteiger partial charge in [-0.1, -0.05) is 18.2 Å². The van der Waals surface area contributed by atoms with E-state index in [1.807, 2.05) is 24.3 Å². The highest BCUT2D eigenvalue weighted by Gasteiger charge is 2.09. The monoisotopic (exact) mass is 331 g/mol. The van der Waals surface area contributed by atoms with E-state index >= 15 is 0 Å². The number of carbonyl (C=O) groups is 1. The highest BCUT2D eigenvalue weighted by molar-refractivity contribution is 5.94. The highest BCUT2D eigenvalue weighted by Crippen LogP contribution is 2.16. The standard InChI is InChI=1S/C17H15F2N3O2/c18-17(19)24-12-5-3-4-11(10-12)16(23)20-9-8-15-21-13-6-1-2-7-14(13)22-15/h1-7,10,17H,8-9H2,(H,20,23)(H,21,22). The van der Waals surface area contributed by atoms with Crippen molar-refractivity contribution in [1.82, 2.24) is 15.3 Å². The van der Waals surface area contributed by atoms with Crippen LogP contribution in [-0.4, -0.2) is 29.0 Å². The SMILES string of the molecule is O=C(NCCc1nc2ccccc2[nH]1)c1cccc(OC(F)F)c1. The summed E-state index contributed by atoms with van der Waals surface area (Å²) in [6.45, 7) is -2.55. The van der Waals surface area contributed by atoms with Crippen molar-refractivity contribution in [2.24, 2.45) is 0 Å². The molecule has 0 atom stereocenters. The second-order valence-electron chi connectivity index (χ2n) is 5.11. The first-order valence-electron chi connectivity index (χ1n) is 7.38. The van der Waals surface area contributed by atoms with Crippen LogP contribution in [0.1, 0.15) is 16.2 Å². The number of imidazole rings is 1. The molecule has 0 aliphatic rings. The maximum Gasteiger partial charge on any atom is 0.387 e. The second kappa shape index (κ2) is 7.08. The van der Waals surface area contributed by atoms with Crippen molar-refractivity contribution in [2.45, 2.75) is 13.0 Å². The maximum atomic E-state index is 12.2. The van der Waals surface area contributed by atoms with Crippen molar-refractivity contribution < 1.29 is 18.3 Å². The zero-order valence-corrected chi connectivity index (χ0v) is 12.6. The first-order chi connectivity index (χ1) is 11.6. The lowest BCUT2D eigenvalue weighted by atomic mass is 10.2. The Balaban J connectivity index is 1.57. The van der Waals surface area contributed by atoms with Gasteiger partial charge in [0.25, 0.3) is 5.91 Å². The lowest BCUT2D eigenvalue weighted by molar-refractivity contribution is -0.0498. The fourth-order valence-electron chi connectivity index (χ4n) is 2.33. The number of amides is 1. The molecule has 1 amide bonds. The summed E-state index contributed by atoms with van der Waals surface area (Å²) in [5, 5.41) is 2.73. The minimum absolute atomic E-state index is 0.0464. The van der Waals surface area contributed by atoms with Crippen LogP contribution in [0.15, 0.2) is 48.5 Å². The third-order valence-corrected chi connectivity index (χ3v) is 3.41. The van der Waals surface area contributed by atoms with Crippen molar-refractivity contribution >= 4 is 16.9 Å². The molecule has 5 nitrogen and oxygen atoms in total. The molecule has 3 aromatic rings. The number of H-pyrrole nitrogens is 1. The van der Waals surface area contributed by atoms with Gasteiger partial charge in [-0.25, -0.2) is 4.98 Å². The van der Waals surface area contributed by atoms with Crippen molar-refractivity contribution in [1.29, 1.82) is 0 Å². The third kappa shape index (κ3) is 3.87. The molecular formula is C17H15F2N3O2. The van der Waals surface area contributed by atoms with Crippen LogP contribution in [0.3, 0.4) is 0 Å². The van der Waals surface area contributed by atoms with Crippen LogP contribution in [0, 0.1) is 0 Å². The number of aromatic amines is 1.